The number of nitrogens with zero attached hydrogens (tertiary/aromatic N) is 2. The molecule has 0 radical (unpaired) electrons. The third-order valence-corrected chi connectivity index (χ3v) is 3.39. The quantitative estimate of drug-likeness (QED) is 0.862. The first-order chi connectivity index (χ1) is 8.83. The Labute approximate surface area is 106 Å². The molecular weight excluding hydrogens is 228 g/mol. The molecule has 18 heavy (non-hydrogen) atoms. The molecule has 2 aromatic heterocycles. The molecule has 5 nitrogen and oxygen atoms in total. The first kappa shape index (κ1) is 11.6. The van der Waals surface area contributed by atoms with Crippen LogP contribution < -0.4 is 5.32 Å². The van der Waals surface area contributed by atoms with Gasteiger partial charge in [0.1, 0.15) is 12.4 Å². The first-order valence-electron chi connectivity index (χ1n) is 6.45. The Morgan fingerprint density at radius 2 is 2.22 bits per heavy atom. The molecule has 1 saturated heterocycles. The van der Waals surface area contributed by atoms with Crippen molar-refractivity contribution >= 4 is 11.2 Å². The van der Waals surface area contributed by atoms with Crippen LogP contribution in [0.3, 0.4) is 0 Å². The fourth-order valence-corrected chi connectivity index (χ4v) is 2.31. The van der Waals surface area contributed by atoms with Crippen LogP contribution >= 0.6 is 0 Å². The van der Waals surface area contributed by atoms with Crippen LogP contribution in [0.15, 0.2) is 12.3 Å². The third-order valence-electron chi connectivity index (χ3n) is 3.39. The minimum atomic E-state index is 0.355. The molecule has 0 spiro atoms. The number of fused-ring (bicyclic) bond motifs is 1. The smallest absolute Gasteiger partial charge is 0.178 e. The number of imidazole rings is 1. The normalized spacial score (nSPS) is 17.4. The van der Waals surface area contributed by atoms with E-state index in [1.807, 2.05) is 6.07 Å². The molecule has 0 atom stereocenters. The number of hydrogen-bond donors (Lipinski definition) is 2. The number of piperidine rings is 1. The van der Waals surface area contributed by atoms with Crippen LogP contribution in [0.25, 0.3) is 11.2 Å². The fourth-order valence-electron chi connectivity index (χ4n) is 2.31. The Bertz CT molecular complexity index is 531. The summed E-state index contributed by atoms with van der Waals surface area (Å²) in [6.45, 7) is 4.69. The second-order valence-electron chi connectivity index (χ2n) is 4.77. The van der Waals surface area contributed by atoms with Crippen molar-refractivity contribution in [2.75, 3.05) is 13.1 Å². The predicted molar refractivity (Wildman–Crippen MR) is 69.3 cm³/mol. The molecule has 0 aliphatic carbocycles. The van der Waals surface area contributed by atoms with E-state index in [2.05, 4.69) is 27.2 Å². The van der Waals surface area contributed by atoms with Gasteiger partial charge in [-0.3, -0.25) is 0 Å². The number of aromatic nitrogens is 3. The summed E-state index contributed by atoms with van der Waals surface area (Å²) in [5.41, 5.74) is 2.96. The van der Waals surface area contributed by atoms with E-state index in [0.29, 0.717) is 12.7 Å². The zero-order valence-corrected chi connectivity index (χ0v) is 10.6. The van der Waals surface area contributed by atoms with Gasteiger partial charge in [-0.1, -0.05) is 0 Å². The van der Waals surface area contributed by atoms with E-state index in [1.165, 1.54) is 5.56 Å². The molecule has 0 amide bonds. The van der Waals surface area contributed by atoms with Gasteiger partial charge in [0.05, 0.1) is 11.6 Å². The lowest BCUT2D eigenvalue weighted by molar-refractivity contribution is 0.0182. The van der Waals surface area contributed by atoms with Crippen LogP contribution in [0, 0.1) is 6.92 Å². The average molecular weight is 246 g/mol. The Balaban J connectivity index is 1.69. The number of H-pyrrole nitrogens is 1. The lowest BCUT2D eigenvalue weighted by atomic mass is 10.1. The molecule has 0 unspecified atom stereocenters. The third kappa shape index (κ3) is 2.37. The maximum Gasteiger partial charge on any atom is 0.178 e. The Morgan fingerprint density at radius 3 is 3.00 bits per heavy atom. The van der Waals surface area contributed by atoms with Gasteiger partial charge in [0, 0.05) is 6.20 Å². The molecule has 1 aliphatic heterocycles. The summed E-state index contributed by atoms with van der Waals surface area (Å²) in [6.07, 6.45) is 4.30. The summed E-state index contributed by atoms with van der Waals surface area (Å²) in [7, 11) is 0. The first-order valence-corrected chi connectivity index (χ1v) is 6.45. The zero-order valence-electron chi connectivity index (χ0n) is 10.6. The number of ether oxygens (including phenoxy) is 1. The maximum atomic E-state index is 5.88. The van der Waals surface area contributed by atoms with Gasteiger partial charge >= 0.3 is 0 Å². The van der Waals surface area contributed by atoms with Crippen molar-refractivity contribution in [3.05, 3.63) is 23.7 Å². The summed E-state index contributed by atoms with van der Waals surface area (Å²) in [4.78, 5) is 12.0. The second kappa shape index (κ2) is 5.04. The largest absolute Gasteiger partial charge is 0.370 e. The topological polar surface area (TPSA) is 62.8 Å². The van der Waals surface area contributed by atoms with Gasteiger partial charge < -0.3 is 15.0 Å². The van der Waals surface area contributed by atoms with Crippen LogP contribution in [0.5, 0.6) is 0 Å². The predicted octanol–water partition coefficient (Wildman–Crippen LogP) is 1.53. The molecule has 1 aliphatic rings. The minimum Gasteiger partial charge on any atom is -0.370 e. The van der Waals surface area contributed by atoms with Crippen LogP contribution in [-0.4, -0.2) is 34.1 Å². The summed E-state index contributed by atoms with van der Waals surface area (Å²) in [5, 5.41) is 3.33. The van der Waals surface area contributed by atoms with Crippen LogP contribution in [0.4, 0.5) is 0 Å². The Kier molecular flexibility index (Phi) is 3.25. The number of aryl methyl sites for hydroxylation is 1. The minimum absolute atomic E-state index is 0.355. The van der Waals surface area contributed by atoms with Crippen molar-refractivity contribution < 1.29 is 4.74 Å². The monoisotopic (exact) mass is 246 g/mol. The van der Waals surface area contributed by atoms with Gasteiger partial charge in [0.25, 0.3) is 0 Å². The zero-order chi connectivity index (χ0) is 12.4. The SMILES string of the molecule is Cc1ccnc2nc(COC3CCNCC3)[nH]c12. The summed E-state index contributed by atoms with van der Waals surface area (Å²) >= 11 is 0. The van der Waals surface area contributed by atoms with Crippen molar-refractivity contribution in [3.63, 3.8) is 0 Å². The van der Waals surface area contributed by atoms with Crippen molar-refractivity contribution in [2.24, 2.45) is 0 Å². The van der Waals surface area contributed by atoms with E-state index in [9.17, 15) is 0 Å². The highest BCUT2D eigenvalue weighted by atomic mass is 16.5. The number of hydrogen-bond acceptors (Lipinski definition) is 4. The van der Waals surface area contributed by atoms with Crippen LogP contribution in [0.1, 0.15) is 24.2 Å². The van der Waals surface area contributed by atoms with Crippen molar-refractivity contribution in [1.29, 1.82) is 0 Å². The number of rotatable bonds is 3. The average Bonchev–Trinajstić information content (AvgIpc) is 2.82. The van der Waals surface area contributed by atoms with E-state index < -0.39 is 0 Å². The van der Waals surface area contributed by atoms with E-state index in [-0.39, 0.29) is 0 Å². The van der Waals surface area contributed by atoms with Crippen molar-refractivity contribution in [1.82, 2.24) is 20.3 Å². The Morgan fingerprint density at radius 1 is 1.39 bits per heavy atom. The molecular formula is C13H18N4O. The van der Waals surface area contributed by atoms with Crippen molar-refractivity contribution in [3.8, 4) is 0 Å². The molecule has 0 bridgehead atoms. The highest BCUT2D eigenvalue weighted by Gasteiger charge is 2.14. The lowest BCUT2D eigenvalue weighted by Crippen LogP contribution is -2.32. The molecule has 5 heteroatoms. The summed E-state index contributed by atoms with van der Waals surface area (Å²) in [6, 6.07) is 1.98. The van der Waals surface area contributed by atoms with Gasteiger partial charge in [-0.2, -0.15) is 0 Å². The van der Waals surface area contributed by atoms with E-state index >= 15 is 0 Å². The van der Waals surface area contributed by atoms with Gasteiger partial charge in [-0.25, -0.2) is 9.97 Å². The molecule has 0 saturated carbocycles. The van der Waals surface area contributed by atoms with Crippen LogP contribution in [-0.2, 0) is 11.3 Å². The van der Waals surface area contributed by atoms with E-state index in [0.717, 1.165) is 42.9 Å². The fraction of sp³-hybridized carbons (Fsp3) is 0.538. The Hall–Kier alpha value is -1.46. The molecule has 0 aromatic carbocycles. The molecule has 3 heterocycles. The summed E-state index contributed by atoms with van der Waals surface area (Å²) in [5.74, 6) is 0.866. The number of nitrogens with one attached hydrogen (secondary N) is 2. The second-order valence-corrected chi connectivity index (χ2v) is 4.77. The molecule has 2 N–H and O–H groups in total. The highest BCUT2D eigenvalue weighted by molar-refractivity contribution is 5.74. The molecule has 3 rings (SSSR count). The van der Waals surface area contributed by atoms with Gasteiger partial charge in [0.15, 0.2) is 5.65 Å². The highest BCUT2D eigenvalue weighted by Crippen LogP contribution is 2.15. The van der Waals surface area contributed by atoms with Crippen LogP contribution in [0.2, 0.25) is 0 Å². The van der Waals surface area contributed by atoms with Crippen molar-refractivity contribution in [2.45, 2.75) is 32.5 Å². The number of aromatic amines is 1. The van der Waals surface area contributed by atoms with E-state index in [4.69, 9.17) is 4.74 Å². The molecule has 96 valence electrons. The molecule has 1 fully saturated rings. The molecule has 2 aromatic rings. The number of pyridine rings is 1. The van der Waals surface area contributed by atoms with E-state index in [1.54, 1.807) is 6.20 Å². The lowest BCUT2D eigenvalue weighted by Gasteiger charge is -2.22. The van der Waals surface area contributed by atoms with Gasteiger partial charge in [-0.05, 0) is 44.5 Å². The standard InChI is InChI=1S/C13H18N4O/c1-9-2-7-15-13-12(9)16-11(17-13)8-18-10-3-5-14-6-4-10/h2,7,10,14H,3-6,8H2,1H3,(H,15,16,17). The van der Waals surface area contributed by atoms with Gasteiger partial charge in [0.2, 0.25) is 0 Å². The maximum absolute atomic E-state index is 5.88. The summed E-state index contributed by atoms with van der Waals surface area (Å²) < 4.78 is 5.88. The van der Waals surface area contributed by atoms with Gasteiger partial charge in [-0.15, -0.1) is 0 Å².